The summed E-state index contributed by atoms with van der Waals surface area (Å²) in [6, 6.07) is 24.2. The smallest absolute Gasteiger partial charge is 0.744 e. The zero-order valence-electron chi connectivity index (χ0n) is 44.7. The summed E-state index contributed by atoms with van der Waals surface area (Å²) in [6.07, 6.45) is 3.88. The Hall–Kier alpha value is -10.1. The fraction of sp³-hybridized carbons (Fsp3) is 0.0204. The van der Waals surface area contributed by atoms with Gasteiger partial charge in [-0.05, 0) is 90.5 Å². The first kappa shape index (κ1) is 67.1. The summed E-state index contributed by atoms with van der Waals surface area (Å²) in [5.74, 6) is -4.39. The Bertz CT molecular complexity index is 4150. The molecule has 0 saturated carbocycles. The van der Waals surface area contributed by atoms with Crippen LogP contribution in [0.4, 0.5) is 0 Å². The van der Waals surface area contributed by atoms with E-state index in [1.165, 1.54) is 43.0 Å². The number of nitrogens with two attached hydrogens (primary N) is 1. The molecule has 35 nitrogen and oxygen atoms in total. The zero-order chi connectivity index (χ0) is 61.9. The van der Waals surface area contributed by atoms with Gasteiger partial charge in [0.25, 0.3) is 0 Å². The second kappa shape index (κ2) is 29.4. The Labute approximate surface area is 536 Å². The molecule has 0 fully saturated rings. The minimum Gasteiger partial charge on any atom is -0.744 e. The minimum absolute atomic E-state index is 0. The van der Waals surface area contributed by atoms with Crippen LogP contribution in [-0.4, -0.2) is 169 Å². The molecular weight excluding hydrogens is 1220 g/mol. The van der Waals surface area contributed by atoms with E-state index in [1.54, 1.807) is 12.1 Å². The standard InChI is InChI=1S/C14H10N4O8S2.C14H10N4O6.C12H8N6O2.C9H9N5.2Na/c19-9-5-7(1-3-11(9)27(21,22)23)13-15-17-14(18-16-13)8-2-4-12(10(20)6-8)28(24,25)26;19-7-1-5(2-8(20)11(7)23)13-15-17-14(18-16-13)6-3-9(21)12(24)10(22)4-6;19-7-1-3-9(13-5-7)11-15-17-12(18-16-11)10-4-2-8(20)6-14-10;10-5-7-1-3-8(4-2-7)9-13-11-6-12-14-9;;/h1-6,19-20H,(H,21,22,23)(H,24,25,26);1-4,19-24H;1-6,19-20H;1-4,6H,5,10H2;;/q;;;;2*+1/p-2. The number of phenols is 8. The van der Waals surface area contributed by atoms with Gasteiger partial charge < -0.3 is 65.9 Å². The molecule has 0 atom stereocenters. The van der Waals surface area contributed by atoms with Gasteiger partial charge in [-0.1, -0.05) is 24.3 Å². The van der Waals surface area contributed by atoms with Crippen LogP contribution in [0.25, 0.3) is 80.0 Å². The normalized spacial score (nSPS) is 10.7. The quantitative estimate of drug-likeness (QED) is 0.0352. The van der Waals surface area contributed by atoms with Gasteiger partial charge in [0.15, 0.2) is 40.8 Å². The summed E-state index contributed by atoms with van der Waals surface area (Å²) in [6.45, 7) is 0.534. The van der Waals surface area contributed by atoms with Crippen molar-refractivity contribution in [1.82, 2.24) is 91.5 Å². The summed E-state index contributed by atoms with van der Waals surface area (Å²) in [7, 11) is -9.71. The van der Waals surface area contributed by atoms with Gasteiger partial charge >= 0.3 is 59.1 Å². The zero-order valence-corrected chi connectivity index (χ0v) is 50.3. The van der Waals surface area contributed by atoms with Crippen molar-refractivity contribution in [3.63, 3.8) is 0 Å². The van der Waals surface area contributed by atoms with Crippen LogP contribution in [0.2, 0.25) is 0 Å². The number of rotatable bonds is 10. The van der Waals surface area contributed by atoms with Crippen molar-refractivity contribution in [2.45, 2.75) is 16.3 Å². The molecule has 11 aromatic rings. The van der Waals surface area contributed by atoms with E-state index in [0.29, 0.717) is 23.8 Å². The molecule has 39 heteroatoms. The van der Waals surface area contributed by atoms with Crippen LogP contribution in [-0.2, 0) is 26.8 Å². The summed E-state index contributed by atoms with van der Waals surface area (Å²) >= 11 is 0. The Balaban J connectivity index is 0.000000190. The average molecular weight is 1260 g/mol. The number of pyridine rings is 2. The van der Waals surface area contributed by atoms with Gasteiger partial charge in [-0.3, -0.25) is 0 Å². The van der Waals surface area contributed by atoms with Crippen LogP contribution < -0.4 is 64.8 Å². The minimum atomic E-state index is -4.85. The fourth-order valence-corrected chi connectivity index (χ4v) is 7.80. The average Bonchev–Trinajstić information content (AvgIpc) is 1.40. The molecule has 5 aromatic carbocycles. The largest absolute Gasteiger partial charge is 1.00 e. The topological polar surface area (TPSA) is 575 Å². The molecule has 88 heavy (non-hydrogen) atoms. The van der Waals surface area contributed by atoms with Crippen molar-refractivity contribution in [3.8, 4) is 137 Å². The molecule has 6 heterocycles. The van der Waals surface area contributed by atoms with Crippen molar-refractivity contribution in [2.75, 3.05) is 0 Å². The Kier molecular flexibility index (Phi) is 22.4. The molecule has 0 unspecified atom stereocenters. The van der Waals surface area contributed by atoms with E-state index in [1.807, 2.05) is 24.3 Å². The number of hydrogen-bond donors (Lipinski definition) is 11. The van der Waals surface area contributed by atoms with Gasteiger partial charge in [0.05, 0.1) is 22.2 Å². The monoisotopic (exact) mass is 1260 g/mol. The Morgan fingerprint density at radius 2 is 0.648 bits per heavy atom. The molecule has 0 aliphatic carbocycles. The van der Waals surface area contributed by atoms with Crippen LogP contribution in [0.1, 0.15) is 5.56 Å². The second-order valence-corrected chi connectivity index (χ2v) is 19.4. The number of benzene rings is 5. The first-order valence-corrected chi connectivity index (χ1v) is 26.2. The SMILES string of the molecule is NCc1ccc(-c2nncnn2)cc1.O=S(=O)([O-])c1ccc(-c2nnc(-c3ccc(S(=O)(=O)[O-])c(O)c3)nn2)cc1O.Oc1cc(-c2nnc(-c3cc(O)c(O)c(O)c3)nn2)cc(O)c1O.Oc1ccc(-c2nnc(-c3ccc(O)cn3)nn2)nc1.[Na+].[Na+]. The van der Waals surface area contributed by atoms with Gasteiger partial charge in [-0.2, -0.15) is 0 Å². The molecule has 12 N–H and O–H groups in total. The Morgan fingerprint density at radius 3 is 0.943 bits per heavy atom. The van der Waals surface area contributed by atoms with Crippen molar-refractivity contribution >= 4 is 20.2 Å². The molecule has 0 radical (unpaired) electrons. The summed E-state index contributed by atoms with van der Waals surface area (Å²) < 4.78 is 65.8. The molecule has 0 spiro atoms. The molecule has 0 aliphatic rings. The van der Waals surface area contributed by atoms with Crippen LogP contribution in [0.5, 0.6) is 57.5 Å². The number of aromatic nitrogens is 18. The predicted octanol–water partition coefficient (Wildman–Crippen LogP) is -4.14. The van der Waals surface area contributed by atoms with Crippen molar-refractivity contribution in [1.29, 1.82) is 0 Å². The summed E-state index contributed by atoms with van der Waals surface area (Å²) in [5.41, 5.74) is 8.90. The first-order valence-electron chi connectivity index (χ1n) is 23.4. The van der Waals surface area contributed by atoms with Crippen LogP contribution in [0, 0.1) is 0 Å². The molecule has 0 aliphatic heterocycles. The molecule has 0 amide bonds. The van der Waals surface area contributed by atoms with Crippen molar-refractivity contribution in [3.05, 3.63) is 133 Å². The maximum Gasteiger partial charge on any atom is 1.00 e. The van der Waals surface area contributed by atoms with Crippen LogP contribution in [0.15, 0.2) is 138 Å². The van der Waals surface area contributed by atoms with Gasteiger partial charge in [0.1, 0.15) is 54.6 Å². The van der Waals surface area contributed by atoms with Crippen LogP contribution in [0.3, 0.4) is 0 Å². The maximum absolute atomic E-state index is 11.0. The third kappa shape index (κ3) is 17.1. The third-order valence-corrected chi connectivity index (χ3v) is 12.6. The van der Waals surface area contributed by atoms with Crippen LogP contribution >= 0.6 is 0 Å². The number of nitrogens with zero attached hydrogens (tertiary/aromatic N) is 18. The summed E-state index contributed by atoms with van der Waals surface area (Å²) in [4.78, 5) is 6.30. The van der Waals surface area contributed by atoms with Gasteiger partial charge in [-0.15, -0.1) is 81.6 Å². The van der Waals surface area contributed by atoms with Gasteiger partial charge in [-0.25, -0.2) is 26.8 Å². The van der Waals surface area contributed by atoms with E-state index in [-0.39, 0.29) is 128 Å². The van der Waals surface area contributed by atoms with E-state index in [9.17, 15) is 66.8 Å². The molecule has 436 valence electrons. The van der Waals surface area contributed by atoms with Gasteiger partial charge in [0, 0.05) is 34.4 Å². The second-order valence-electron chi connectivity index (χ2n) is 16.7. The van der Waals surface area contributed by atoms with E-state index in [2.05, 4.69) is 91.5 Å². The van der Waals surface area contributed by atoms with Gasteiger partial charge in [0.2, 0.25) is 40.8 Å². The fourth-order valence-electron chi connectivity index (χ4n) is 6.70. The molecule has 0 saturated heterocycles. The Morgan fingerprint density at radius 1 is 0.352 bits per heavy atom. The molecule has 11 rings (SSSR count). The molecular formula is C49H35N19Na2O16S2. The maximum atomic E-state index is 11.0. The number of phenolic OH excluding ortho intramolecular Hbond substituents is 8. The van der Waals surface area contributed by atoms with Crippen molar-refractivity contribution in [2.24, 2.45) is 5.73 Å². The van der Waals surface area contributed by atoms with Crippen molar-refractivity contribution < 1.29 is 136 Å². The third-order valence-electron chi connectivity index (χ3n) is 10.9. The van der Waals surface area contributed by atoms with E-state index in [0.717, 1.165) is 59.7 Å². The number of aromatic hydroxyl groups is 10. The molecule has 0 bridgehead atoms. The summed E-state index contributed by atoms with van der Waals surface area (Å²) in [5, 5.41) is 155. The number of hydrogen-bond acceptors (Lipinski definition) is 35. The molecule has 6 aromatic heterocycles. The first-order chi connectivity index (χ1) is 40.9. The van der Waals surface area contributed by atoms with E-state index < -0.39 is 76.0 Å². The van der Waals surface area contributed by atoms with E-state index in [4.69, 9.17) is 15.9 Å². The predicted molar refractivity (Wildman–Crippen MR) is 285 cm³/mol. The van der Waals surface area contributed by atoms with E-state index >= 15 is 0 Å².